The van der Waals surface area contributed by atoms with Crippen molar-refractivity contribution in [3.05, 3.63) is 0 Å². The Kier molecular flexibility index (Phi) is 3.42. The first-order valence-electron chi connectivity index (χ1n) is 7.54. The van der Waals surface area contributed by atoms with Crippen molar-refractivity contribution in [1.82, 2.24) is 15.1 Å². The normalized spacial score (nSPS) is 44.3. The van der Waals surface area contributed by atoms with Gasteiger partial charge in [-0.1, -0.05) is 13.8 Å². The van der Waals surface area contributed by atoms with Crippen LogP contribution in [0.2, 0.25) is 0 Å². The molecule has 0 aromatic rings. The maximum absolute atomic E-state index is 3.94. The van der Waals surface area contributed by atoms with Gasteiger partial charge in [0, 0.05) is 24.7 Å². The van der Waals surface area contributed by atoms with Crippen LogP contribution in [-0.4, -0.2) is 60.6 Å². The molecule has 4 aliphatic rings. The quantitative estimate of drug-likeness (QED) is 0.791. The molecule has 0 saturated carbocycles. The van der Waals surface area contributed by atoms with Crippen molar-refractivity contribution in [2.24, 2.45) is 5.92 Å². The van der Waals surface area contributed by atoms with Gasteiger partial charge in [-0.05, 0) is 51.4 Å². The van der Waals surface area contributed by atoms with Gasteiger partial charge in [0.1, 0.15) is 0 Å². The van der Waals surface area contributed by atoms with Crippen molar-refractivity contribution in [2.45, 2.75) is 51.2 Å². The molecule has 4 fully saturated rings. The number of rotatable bonds is 4. The molecule has 0 aromatic heterocycles. The van der Waals surface area contributed by atoms with Crippen LogP contribution in [0.3, 0.4) is 0 Å². The molecule has 4 saturated heterocycles. The average Bonchev–Trinajstić information content (AvgIpc) is 2.82. The average molecular weight is 237 g/mol. The first-order chi connectivity index (χ1) is 8.31. The standard InChI is InChI=1S/C14H27N3/c1-3-16(4-2)10-12-9-13-14(15-12)11-5-7-17(13)8-6-11/h11-15H,3-10H2,1-2H3. The second-order valence-electron chi connectivity index (χ2n) is 6.05. The summed E-state index contributed by atoms with van der Waals surface area (Å²) >= 11 is 0. The van der Waals surface area contributed by atoms with Crippen LogP contribution >= 0.6 is 0 Å². The van der Waals surface area contributed by atoms with E-state index in [0.29, 0.717) is 0 Å². The highest BCUT2D eigenvalue weighted by Gasteiger charge is 2.47. The summed E-state index contributed by atoms with van der Waals surface area (Å²) in [6.45, 7) is 10.9. The van der Waals surface area contributed by atoms with E-state index in [0.717, 1.165) is 24.0 Å². The van der Waals surface area contributed by atoms with Crippen LogP contribution in [0.25, 0.3) is 0 Å². The van der Waals surface area contributed by atoms with E-state index < -0.39 is 0 Å². The van der Waals surface area contributed by atoms with Crippen molar-refractivity contribution in [1.29, 1.82) is 0 Å². The molecule has 4 aliphatic heterocycles. The van der Waals surface area contributed by atoms with Gasteiger partial charge in [0.15, 0.2) is 0 Å². The Balaban J connectivity index is 1.61. The van der Waals surface area contributed by atoms with E-state index in [-0.39, 0.29) is 0 Å². The fraction of sp³-hybridized carbons (Fsp3) is 1.00. The Hall–Kier alpha value is -0.120. The molecule has 0 aliphatic carbocycles. The molecule has 98 valence electrons. The number of hydrogen-bond donors (Lipinski definition) is 1. The number of hydrogen-bond acceptors (Lipinski definition) is 3. The van der Waals surface area contributed by atoms with Gasteiger partial charge >= 0.3 is 0 Å². The lowest BCUT2D eigenvalue weighted by Gasteiger charge is -2.48. The molecule has 0 amide bonds. The minimum Gasteiger partial charge on any atom is -0.308 e. The van der Waals surface area contributed by atoms with Gasteiger partial charge in [-0.25, -0.2) is 0 Å². The molecule has 3 atom stereocenters. The van der Waals surface area contributed by atoms with Crippen molar-refractivity contribution in [2.75, 3.05) is 32.7 Å². The summed E-state index contributed by atoms with van der Waals surface area (Å²) in [5.41, 5.74) is 0. The molecule has 4 rings (SSSR count). The van der Waals surface area contributed by atoms with Crippen molar-refractivity contribution in [3.63, 3.8) is 0 Å². The fourth-order valence-electron chi connectivity index (χ4n) is 4.25. The number of nitrogens with zero attached hydrogens (tertiary/aromatic N) is 2. The lowest BCUT2D eigenvalue weighted by molar-refractivity contribution is 0.0360. The SMILES string of the molecule is CCN(CC)CC1CC2C(N1)C1CCN2CC1. The Labute approximate surface area is 106 Å². The van der Waals surface area contributed by atoms with Crippen LogP contribution in [0, 0.1) is 5.92 Å². The zero-order valence-corrected chi connectivity index (χ0v) is 11.4. The highest BCUT2D eigenvalue weighted by Crippen LogP contribution is 2.37. The first kappa shape index (κ1) is 11.9. The van der Waals surface area contributed by atoms with Gasteiger partial charge < -0.3 is 10.2 Å². The van der Waals surface area contributed by atoms with Gasteiger partial charge in [-0.2, -0.15) is 0 Å². The maximum atomic E-state index is 3.94. The third kappa shape index (κ3) is 2.13. The predicted molar refractivity (Wildman–Crippen MR) is 71.2 cm³/mol. The molecule has 0 aromatic carbocycles. The van der Waals surface area contributed by atoms with Crippen LogP contribution in [0.5, 0.6) is 0 Å². The van der Waals surface area contributed by atoms with E-state index in [4.69, 9.17) is 0 Å². The molecule has 17 heavy (non-hydrogen) atoms. The zero-order chi connectivity index (χ0) is 11.8. The Morgan fingerprint density at radius 1 is 1.18 bits per heavy atom. The van der Waals surface area contributed by atoms with E-state index in [1.807, 2.05) is 0 Å². The monoisotopic (exact) mass is 237 g/mol. The summed E-state index contributed by atoms with van der Waals surface area (Å²) < 4.78 is 0. The van der Waals surface area contributed by atoms with Gasteiger partial charge in [0.2, 0.25) is 0 Å². The number of nitrogens with one attached hydrogen (secondary N) is 1. The van der Waals surface area contributed by atoms with E-state index in [1.165, 1.54) is 52.0 Å². The second-order valence-corrected chi connectivity index (χ2v) is 6.05. The van der Waals surface area contributed by atoms with Crippen LogP contribution in [0.15, 0.2) is 0 Å². The molecule has 4 heterocycles. The molecule has 0 radical (unpaired) electrons. The second kappa shape index (κ2) is 4.87. The summed E-state index contributed by atoms with van der Waals surface area (Å²) in [6.07, 6.45) is 4.26. The lowest BCUT2D eigenvalue weighted by atomic mass is 9.79. The smallest absolute Gasteiger partial charge is 0.0267 e. The molecule has 3 heteroatoms. The largest absolute Gasteiger partial charge is 0.308 e. The third-order valence-electron chi connectivity index (χ3n) is 5.29. The first-order valence-corrected chi connectivity index (χ1v) is 7.54. The van der Waals surface area contributed by atoms with Crippen LogP contribution < -0.4 is 5.32 Å². The number of likely N-dealkylation sites (N-methyl/N-ethyl adjacent to an activating group) is 1. The van der Waals surface area contributed by atoms with Crippen LogP contribution in [0.1, 0.15) is 33.1 Å². The molecular formula is C14H27N3. The van der Waals surface area contributed by atoms with Crippen LogP contribution in [0.4, 0.5) is 0 Å². The van der Waals surface area contributed by atoms with E-state index in [1.54, 1.807) is 0 Å². The summed E-state index contributed by atoms with van der Waals surface area (Å²) in [6, 6.07) is 2.42. The maximum Gasteiger partial charge on any atom is 0.0267 e. The fourth-order valence-corrected chi connectivity index (χ4v) is 4.25. The minimum absolute atomic E-state index is 0.742. The zero-order valence-electron chi connectivity index (χ0n) is 11.4. The van der Waals surface area contributed by atoms with Crippen molar-refractivity contribution < 1.29 is 0 Å². The molecular weight excluding hydrogens is 210 g/mol. The lowest BCUT2D eigenvalue weighted by Crippen LogP contribution is -2.58. The summed E-state index contributed by atoms with van der Waals surface area (Å²) in [7, 11) is 0. The van der Waals surface area contributed by atoms with E-state index >= 15 is 0 Å². The topological polar surface area (TPSA) is 18.5 Å². The Morgan fingerprint density at radius 3 is 2.47 bits per heavy atom. The molecule has 1 N–H and O–H groups in total. The molecule has 0 spiro atoms. The predicted octanol–water partition coefficient (Wildman–Crippen LogP) is 1.15. The van der Waals surface area contributed by atoms with E-state index in [9.17, 15) is 0 Å². The van der Waals surface area contributed by atoms with Crippen molar-refractivity contribution in [3.8, 4) is 0 Å². The Bertz CT molecular complexity index is 236. The van der Waals surface area contributed by atoms with Gasteiger partial charge in [-0.3, -0.25) is 4.90 Å². The van der Waals surface area contributed by atoms with Gasteiger partial charge in [-0.15, -0.1) is 0 Å². The highest BCUT2D eigenvalue weighted by atomic mass is 15.3. The van der Waals surface area contributed by atoms with E-state index in [2.05, 4.69) is 29.0 Å². The van der Waals surface area contributed by atoms with Crippen molar-refractivity contribution >= 4 is 0 Å². The number of piperidine rings is 3. The molecule has 3 unspecified atom stereocenters. The summed E-state index contributed by atoms with van der Waals surface area (Å²) in [5.74, 6) is 0.978. The van der Waals surface area contributed by atoms with Gasteiger partial charge in [0.05, 0.1) is 0 Å². The number of fused-ring (bicyclic) bond motifs is 2. The minimum atomic E-state index is 0.742. The molecule has 2 bridgehead atoms. The molecule has 3 nitrogen and oxygen atoms in total. The van der Waals surface area contributed by atoms with Crippen LogP contribution in [-0.2, 0) is 0 Å². The summed E-state index contributed by atoms with van der Waals surface area (Å²) in [4.78, 5) is 5.31. The third-order valence-corrected chi connectivity index (χ3v) is 5.29. The van der Waals surface area contributed by atoms with Gasteiger partial charge in [0.25, 0.3) is 0 Å². The Morgan fingerprint density at radius 2 is 1.88 bits per heavy atom. The highest BCUT2D eigenvalue weighted by molar-refractivity contribution is 5.06. The summed E-state index contributed by atoms with van der Waals surface area (Å²) in [5, 5.41) is 3.94.